The summed E-state index contributed by atoms with van der Waals surface area (Å²) in [7, 11) is 0. The van der Waals surface area contributed by atoms with Crippen LogP contribution in [0.15, 0.2) is 58.4 Å². The molecule has 0 spiro atoms. The summed E-state index contributed by atoms with van der Waals surface area (Å²) in [6.45, 7) is 0. The Morgan fingerprint density at radius 3 is 2.71 bits per heavy atom. The molecule has 6 nitrogen and oxygen atoms in total. The molecule has 0 radical (unpaired) electrons. The predicted molar refractivity (Wildman–Crippen MR) is 92.3 cm³/mol. The van der Waals surface area contributed by atoms with Gasteiger partial charge in [-0.05, 0) is 42.1 Å². The maximum atomic E-state index is 12.0. The molecule has 0 aromatic heterocycles. The van der Waals surface area contributed by atoms with Crippen molar-refractivity contribution in [1.29, 1.82) is 0 Å². The fourth-order valence-corrected chi connectivity index (χ4v) is 2.89. The number of aromatic carboxylic acids is 1. The number of phenols is 1. The third-order valence-electron chi connectivity index (χ3n) is 3.20. The Balaban J connectivity index is 1.86. The molecule has 0 saturated carbocycles. The molecule has 2 aromatic rings. The Morgan fingerprint density at radius 2 is 1.96 bits per heavy atom. The number of aliphatic imine (C=N–C) groups is 1. The number of carboxylic acid groups (broad SMARTS) is 1. The number of hydrogen-bond donors (Lipinski definition) is 3. The van der Waals surface area contributed by atoms with Crippen molar-refractivity contribution in [1.82, 2.24) is 5.32 Å². The molecule has 3 rings (SSSR count). The smallest absolute Gasteiger partial charge is 0.335 e. The van der Waals surface area contributed by atoms with Crippen LogP contribution in [0.5, 0.6) is 5.75 Å². The highest BCUT2D eigenvalue weighted by Crippen LogP contribution is 2.30. The first-order valence-electron chi connectivity index (χ1n) is 6.94. The van der Waals surface area contributed by atoms with Gasteiger partial charge >= 0.3 is 5.97 Å². The Kier molecular flexibility index (Phi) is 4.35. The molecular formula is C17H12N2O4S. The molecule has 120 valence electrons. The van der Waals surface area contributed by atoms with E-state index in [-0.39, 0.29) is 17.2 Å². The second kappa shape index (κ2) is 6.59. The number of phenolic OH excluding ortho intramolecular Hbond substituents is 1. The number of aromatic hydroxyl groups is 1. The number of carboxylic acids is 1. The van der Waals surface area contributed by atoms with Crippen molar-refractivity contribution < 1.29 is 19.8 Å². The lowest BCUT2D eigenvalue weighted by Crippen LogP contribution is -2.19. The quantitative estimate of drug-likeness (QED) is 0.746. The lowest BCUT2D eigenvalue weighted by molar-refractivity contribution is -0.115. The van der Waals surface area contributed by atoms with Gasteiger partial charge in [0, 0.05) is 5.56 Å². The number of hydrogen-bond acceptors (Lipinski definition) is 5. The molecule has 1 amide bonds. The van der Waals surface area contributed by atoms with Gasteiger partial charge in [0.1, 0.15) is 5.75 Å². The van der Waals surface area contributed by atoms with E-state index in [1.807, 2.05) is 0 Å². The second-order valence-electron chi connectivity index (χ2n) is 4.90. The first kappa shape index (κ1) is 15.8. The monoisotopic (exact) mass is 340 g/mol. The number of nitrogens with one attached hydrogen (secondary N) is 1. The summed E-state index contributed by atoms with van der Waals surface area (Å²) in [4.78, 5) is 27.6. The number of amides is 1. The highest BCUT2D eigenvalue weighted by Gasteiger charge is 2.24. The van der Waals surface area contributed by atoms with Crippen LogP contribution in [0.25, 0.3) is 6.08 Å². The van der Waals surface area contributed by atoms with Crippen LogP contribution in [-0.2, 0) is 4.79 Å². The van der Waals surface area contributed by atoms with E-state index in [4.69, 9.17) is 5.11 Å². The maximum Gasteiger partial charge on any atom is 0.335 e. The molecule has 1 aliphatic heterocycles. The standard InChI is InChI=1S/C17H12N2O4S/c20-13-7-2-1-4-10(13)9-14-15(21)19-17(24-14)18-12-6-3-5-11(8-12)16(22)23/h1-9,20H,(H,22,23)(H,18,19,21)/b14-9-. The Morgan fingerprint density at radius 1 is 1.17 bits per heavy atom. The first-order valence-corrected chi connectivity index (χ1v) is 7.75. The van der Waals surface area contributed by atoms with Gasteiger partial charge in [-0.3, -0.25) is 4.79 Å². The predicted octanol–water partition coefficient (Wildman–Crippen LogP) is 2.98. The molecule has 1 saturated heterocycles. The van der Waals surface area contributed by atoms with Gasteiger partial charge < -0.3 is 15.5 Å². The average molecular weight is 340 g/mol. The van der Waals surface area contributed by atoms with Gasteiger partial charge in [-0.1, -0.05) is 24.3 Å². The summed E-state index contributed by atoms with van der Waals surface area (Å²) < 4.78 is 0. The lowest BCUT2D eigenvalue weighted by Gasteiger charge is -1.98. The van der Waals surface area contributed by atoms with E-state index in [0.29, 0.717) is 21.3 Å². The fraction of sp³-hybridized carbons (Fsp3) is 0. The average Bonchev–Trinajstić information content (AvgIpc) is 2.89. The van der Waals surface area contributed by atoms with Crippen molar-refractivity contribution in [2.75, 3.05) is 0 Å². The molecule has 1 aliphatic rings. The summed E-state index contributed by atoms with van der Waals surface area (Å²) in [6, 6.07) is 12.8. The van der Waals surface area contributed by atoms with Crippen LogP contribution in [-0.4, -0.2) is 27.3 Å². The van der Waals surface area contributed by atoms with Crippen LogP contribution in [0.4, 0.5) is 5.69 Å². The normalized spacial score (nSPS) is 17.2. The Hall–Kier alpha value is -3.06. The molecule has 0 unspecified atom stereocenters. The van der Waals surface area contributed by atoms with Gasteiger partial charge in [-0.15, -0.1) is 0 Å². The van der Waals surface area contributed by atoms with E-state index in [9.17, 15) is 14.7 Å². The van der Waals surface area contributed by atoms with Gasteiger partial charge in [-0.25, -0.2) is 9.79 Å². The molecule has 0 bridgehead atoms. The van der Waals surface area contributed by atoms with Crippen molar-refractivity contribution >= 4 is 40.6 Å². The minimum atomic E-state index is -1.04. The highest BCUT2D eigenvalue weighted by molar-refractivity contribution is 8.18. The van der Waals surface area contributed by atoms with Gasteiger partial charge in [0.05, 0.1) is 16.2 Å². The summed E-state index contributed by atoms with van der Waals surface area (Å²) in [5, 5.41) is 21.7. The van der Waals surface area contributed by atoms with Crippen molar-refractivity contribution in [2.45, 2.75) is 0 Å². The number of nitrogens with zero attached hydrogens (tertiary/aromatic N) is 1. The number of para-hydroxylation sites is 1. The Labute approximate surface area is 141 Å². The van der Waals surface area contributed by atoms with Crippen LogP contribution < -0.4 is 5.32 Å². The summed E-state index contributed by atoms with van der Waals surface area (Å²) in [5.41, 5.74) is 1.09. The van der Waals surface area contributed by atoms with Crippen molar-refractivity contribution in [3.05, 3.63) is 64.6 Å². The highest BCUT2D eigenvalue weighted by atomic mass is 32.2. The lowest BCUT2D eigenvalue weighted by atomic mass is 10.2. The number of benzene rings is 2. The molecule has 0 aliphatic carbocycles. The van der Waals surface area contributed by atoms with E-state index in [1.54, 1.807) is 36.4 Å². The zero-order valence-corrected chi connectivity index (χ0v) is 13.1. The Bertz CT molecular complexity index is 890. The van der Waals surface area contributed by atoms with E-state index in [0.717, 1.165) is 11.8 Å². The van der Waals surface area contributed by atoms with Crippen molar-refractivity contribution in [3.8, 4) is 5.75 Å². The van der Waals surface area contributed by atoms with Crippen LogP contribution in [0, 0.1) is 0 Å². The van der Waals surface area contributed by atoms with E-state index in [2.05, 4.69) is 10.3 Å². The number of amidine groups is 1. The van der Waals surface area contributed by atoms with Crippen LogP contribution in [0.2, 0.25) is 0 Å². The molecule has 24 heavy (non-hydrogen) atoms. The zero-order valence-electron chi connectivity index (χ0n) is 12.3. The third kappa shape index (κ3) is 3.47. The molecular weight excluding hydrogens is 328 g/mol. The van der Waals surface area contributed by atoms with E-state index in [1.165, 1.54) is 18.2 Å². The minimum Gasteiger partial charge on any atom is -0.507 e. The first-order chi connectivity index (χ1) is 11.5. The van der Waals surface area contributed by atoms with Crippen LogP contribution >= 0.6 is 11.8 Å². The van der Waals surface area contributed by atoms with Crippen LogP contribution in [0.1, 0.15) is 15.9 Å². The SMILES string of the molecule is O=C1NC(=Nc2cccc(C(=O)O)c2)S/C1=C\c1ccccc1O. The summed E-state index contributed by atoms with van der Waals surface area (Å²) in [5.74, 6) is -1.28. The number of carbonyl (C=O) groups excluding carboxylic acids is 1. The molecule has 1 heterocycles. The van der Waals surface area contributed by atoms with Gasteiger partial charge in [0.2, 0.25) is 0 Å². The van der Waals surface area contributed by atoms with Gasteiger partial charge in [-0.2, -0.15) is 0 Å². The fourth-order valence-electron chi connectivity index (χ4n) is 2.06. The number of thioether (sulfide) groups is 1. The van der Waals surface area contributed by atoms with Crippen LogP contribution in [0.3, 0.4) is 0 Å². The molecule has 3 N–H and O–H groups in total. The molecule has 2 aromatic carbocycles. The molecule has 1 fully saturated rings. The zero-order chi connectivity index (χ0) is 17.1. The molecule has 7 heteroatoms. The van der Waals surface area contributed by atoms with Gasteiger partial charge in [0.15, 0.2) is 5.17 Å². The van der Waals surface area contributed by atoms with Gasteiger partial charge in [0.25, 0.3) is 5.91 Å². The number of carbonyl (C=O) groups is 2. The van der Waals surface area contributed by atoms with E-state index >= 15 is 0 Å². The summed E-state index contributed by atoms with van der Waals surface area (Å²) in [6.07, 6.45) is 1.57. The van der Waals surface area contributed by atoms with Crippen molar-refractivity contribution in [2.24, 2.45) is 4.99 Å². The molecule has 0 atom stereocenters. The largest absolute Gasteiger partial charge is 0.507 e. The second-order valence-corrected chi connectivity index (χ2v) is 5.93. The topological polar surface area (TPSA) is 99.0 Å². The minimum absolute atomic E-state index is 0.0814. The maximum absolute atomic E-state index is 12.0. The van der Waals surface area contributed by atoms with E-state index < -0.39 is 5.97 Å². The number of rotatable bonds is 3. The van der Waals surface area contributed by atoms with Crippen molar-refractivity contribution in [3.63, 3.8) is 0 Å². The third-order valence-corrected chi connectivity index (χ3v) is 4.11. The summed E-state index contributed by atoms with van der Waals surface area (Å²) >= 11 is 1.12.